The molecule has 17 heavy (non-hydrogen) atoms. The summed E-state index contributed by atoms with van der Waals surface area (Å²) in [6, 6.07) is 0. The zero-order chi connectivity index (χ0) is 12.8. The maximum Gasteiger partial charge on any atom is 0.332 e. The SMILES string of the molecule is CCOCC(=O)O[C@@H]1C[C@@H](C)CC[C@H]1C(C)C. The van der Waals surface area contributed by atoms with Gasteiger partial charge in [0.15, 0.2) is 0 Å². The van der Waals surface area contributed by atoms with Gasteiger partial charge in [0.25, 0.3) is 0 Å². The first-order valence-electron chi connectivity index (χ1n) is 6.81. The molecular weight excluding hydrogens is 216 g/mol. The van der Waals surface area contributed by atoms with Crippen molar-refractivity contribution in [3.63, 3.8) is 0 Å². The monoisotopic (exact) mass is 242 g/mol. The quantitative estimate of drug-likeness (QED) is 0.695. The summed E-state index contributed by atoms with van der Waals surface area (Å²) in [7, 11) is 0. The predicted octanol–water partition coefficient (Wildman–Crippen LogP) is 3.03. The van der Waals surface area contributed by atoms with E-state index in [1.165, 1.54) is 12.8 Å². The molecule has 1 aliphatic carbocycles. The van der Waals surface area contributed by atoms with Gasteiger partial charge in [-0.15, -0.1) is 0 Å². The fraction of sp³-hybridized carbons (Fsp3) is 0.929. The van der Waals surface area contributed by atoms with E-state index in [9.17, 15) is 4.79 Å². The molecule has 1 fully saturated rings. The van der Waals surface area contributed by atoms with E-state index in [-0.39, 0.29) is 18.7 Å². The zero-order valence-corrected chi connectivity index (χ0v) is 11.6. The Morgan fingerprint density at radius 1 is 1.35 bits per heavy atom. The van der Waals surface area contributed by atoms with Crippen LogP contribution < -0.4 is 0 Å². The van der Waals surface area contributed by atoms with E-state index in [1.807, 2.05) is 6.92 Å². The first-order valence-corrected chi connectivity index (χ1v) is 6.81. The molecule has 100 valence electrons. The third-order valence-corrected chi connectivity index (χ3v) is 3.67. The van der Waals surface area contributed by atoms with Crippen LogP contribution in [0.4, 0.5) is 0 Å². The van der Waals surface area contributed by atoms with E-state index in [0.717, 1.165) is 6.42 Å². The van der Waals surface area contributed by atoms with Crippen LogP contribution in [-0.2, 0) is 14.3 Å². The van der Waals surface area contributed by atoms with E-state index in [4.69, 9.17) is 9.47 Å². The molecule has 0 bridgehead atoms. The van der Waals surface area contributed by atoms with Gasteiger partial charge in [0.05, 0.1) is 0 Å². The standard InChI is InChI=1S/C14H26O3/c1-5-16-9-14(15)17-13-8-11(4)6-7-12(13)10(2)3/h10-13H,5-9H2,1-4H3/t11-,12-,13+/m0/s1. The highest BCUT2D eigenvalue weighted by atomic mass is 16.6. The van der Waals surface area contributed by atoms with Crippen molar-refractivity contribution in [1.29, 1.82) is 0 Å². The lowest BCUT2D eigenvalue weighted by atomic mass is 9.75. The zero-order valence-electron chi connectivity index (χ0n) is 11.6. The van der Waals surface area contributed by atoms with E-state index < -0.39 is 0 Å². The molecule has 1 aliphatic rings. The summed E-state index contributed by atoms with van der Waals surface area (Å²) >= 11 is 0. The van der Waals surface area contributed by atoms with E-state index in [2.05, 4.69) is 20.8 Å². The van der Waals surface area contributed by atoms with Crippen molar-refractivity contribution in [3.8, 4) is 0 Å². The van der Waals surface area contributed by atoms with Crippen LogP contribution in [0.5, 0.6) is 0 Å². The van der Waals surface area contributed by atoms with Gasteiger partial charge in [0.1, 0.15) is 12.7 Å². The first-order chi connectivity index (χ1) is 8.04. The molecule has 0 aromatic heterocycles. The third kappa shape index (κ3) is 4.66. The Labute approximate surface area is 105 Å². The molecular formula is C14H26O3. The number of hydrogen-bond donors (Lipinski definition) is 0. The number of carbonyl (C=O) groups is 1. The van der Waals surface area contributed by atoms with E-state index in [1.54, 1.807) is 0 Å². The van der Waals surface area contributed by atoms with E-state index >= 15 is 0 Å². The van der Waals surface area contributed by atoms with Gasteiger partial charge in [0, 0.05) is 6.61 Å². The Hall–Kier alpha value is -0.570. The van der Waals surface area contributed by atoms with Crippen LogP contribution in [0.1, 0.15) is 47.0 Å². The first kappa shape index (κ1) is 14.5. The number of esters is 1. The summed E-state index contributed by atoms with van der Waals surface area (Å²) in [6.45, 7) is 9.19. The van der Waals surface area contributed by atoms with Gasteiger partial charge >= 0.3 is 5.97 Å². The van der Waals surface area contributed by atoms with Gasteiger partial charge < -0.3 is 9.47 Å². The molecule has 0 aromatic carbocycles. The molecule has 0 heterocycles. The normalized spacial score (nSPS) is 29.4. The van der Waals surface area contributed by atoms with Gasteiger partial charge in [-0.3, -0.25) is 0 Å². The van der Waals surface area contributed by atoms with Crippen molar-refractivity contribution in [2.45, 2.75) is 53.1 Å². The van der Waals surface area contributed by atoms with Gasteiger partial charge in [-0.25, -0.2) is 4.79 Å². The lowest BCUT2D eigenvalue weighted by Crippen LogP contribution is -2.36. The Balaban J connectivity index is 2.48. The van der Waals surface area contributed by atoms with Gasteiger partial charge in [-0.1, -0.05) is 27.2 Å². The van der Waals surface area contributed by atoms with Crippen molar-refractivity contribution in [2.24, 2.45) is 17.8 Å². The lowest BCUT2D eigenvalue weighted by Gasteiger charge is -2.36. The smallest absolute Gasteiger partial charge is 0.332 e. The molecule has 3 nitrogen and oxygen atoms in total. The van der Waals surface area contributed by atoms with Crippen LogP contribution in [0.3, 0.4) is 0 Å². The average molecular weight is 242 g/mol. The number of rotatable bonds is 5. The molecule has 0 aromatic rings. The minimum absolute atomic E-state index is 0.0895. The van der Waals surface area contributed by atoms with Crippen molar-refractivity contribution >= 4 is 5.97 Å². The highest BCUT2D eigenvalue weighted by Crippen LogP contribution is 2.35. The minimum Gasteiger partial charge on any atom is -0.460 e. The van der Waals surface area contributed by atoms with Crippen LogP contribution >= 0.6 is 0 Å². The van der Waals surface area contributed by atoms with Crippen LogP contribution in [0, 0.1) is 17.8 Å². The van der Waals surface area contributed by atoms with Crippen LogP contribution in [0.15, 0.2) is 0 Å². The summed E-state index contributed by atoms with van der Waals surface area (Å²) in [5.74, 6) is 1.54. The molecule has 0 N–H and O–H groups in total. The second kappa shape index (κ2) is 7.00. The molecule has 0 spiro atoms. The highest BCUT2D eigenvalue weighted by molar-refractivity contribution is 5.70. The molecule has 0 saturated heterocycles. The number of hydrogen-bond acceptors (Lipinski definition) is 3. The van der Waals surface area contributed by atoms with Gasteiger partial charge in [0.2, 0.25) is 0 Å². The second-order valence-corrected chi connectivity index (χ2v) is 5.49. The Morgan fingerprint density at radius 3 is 2.65 bits per heavy atom. The summed E-state index contributed by atoms with van der Waals surface area (Å²) in [4.78, 5) is 11.6. The predicted molar refractivity (Wildman–Crippen MR) is 67.7 cm³/mol. The lowest BCUT2D eigenvalue weighted by molar-refractivity contribution is -0.161. The molecule has 0 aliphatic heterocycles. The molecule has 1 saturated carbocycles. The van der Waals surface area contributed by atoms with Crippen molar-refractivity contribution in [2.75, 3.05) is 13.2 Å². The van der Waals surface area contributed by atoms with Crippen LogP contribution in [0.25, 0.3) is 0 Å². The van der Waals surface area contributed by atoms with Crippen molar-refractivity contribution < 1.29 is 14.3 Å². The third-order valence-electron chi connectivity index (χ3n) is 3.67. The fourth-order valence-corrected chi connectivity index (χ4v) is 2.64. The average Bonchev–Trinajstić information content (AvgIpc) is 2.26. The Bertz CT molecular complexity index is 238. The summed E-state index contributed by atoms with van der Waals surface area (Å²) in [5, 5.41) is 0. The number of carbonyl (C=O) groups excluding carboxylic acids is 1. The Morgan fingerprint density at radius 2 is 2.06 bits per heavy atom. The van der Waals surface area contributed by atoms with Crippen LogP contribution in [-0.4, -0.2) is 25.3 Å². The molecule has 1 rings (SSSR count). The molecule has 3 heteroatoms. The summed E-state index contributed by atoms with van der Waals surface area (Å²) in [6.07, 6.45) is 3.51. The molecule has 3 atom stereocenters. The maximum absolute atomic E-state index is 11.6. The molecule has 0 unspecified atom stereocenters. The van der Waals surface area contributed by atoms with Gasteiger partial charge in [-0.05, 0) is 37.5 Å². The van der Waals surface area contributed by atoms with Crippen molar-refractivity contribution in [1.82, 2.24) is 0 Å². The van der Waals surface area contributed by atoms with Gasteiger partial charge in [-0.2, -0.15) is 0 Å². The summed E-state index contributed by atoms with van der Waals surface area (Å²) < 4.78 is 10.7. The topological polar surface area (TPSA) is 35.5 Å². The molecule has 0 amide bonds. The number of ether oxygens (including phenoxy) is 2. The summed E-state index contributed by atoms with van der Waals surface area (Å²) in [5.41, 5.74) is 0. The maximum atomic E-state index is 11.6. The molecule has 0 radical (unpaired) electrons. The minimum atomic E-state index is -0.211. The largest absolute Gasteiger partial charge is 0.460 e. The Kier molecular flexibility index (Phi) is 5.96. The van der Waals surface area contributed by atoms with Crippen molar-refractivity contribution in [3.05, 3.63) is 0 Å². The van der Waals surface area contributed by atoms with E-state index in [0.29, 0.717) is 24.4 Å². The second-order valence-electron chi connectivity index (χ2n) is 5.49. The van der Waals surface area contributed by atoms with Crippen LogP contribution in [0.2, 0.25) is 0 Å². The highest BCUT2D eigenvalue weighted by Gasteiger charge is 2.33. The fourth-order valence-electron chi connectivity index (χ4n) is 2.64.